The molecule has 0 aliphatic rings. The zero-order chi connectivity index (χ0) is 21.7. The number of hydrogen-bond donors (Lipinski definition) is 2. The molecule has 0 fully saturated rings. The monoisotopic (exact) mass is 463 g/mol. The number of thiophene rings is 1. The number of carbonyl (C=O) groups is 1. The molecule has 2 aromatic carbocycles. The fourth-order valence-electron chi connectivity index (χ4n) is 2.92. The Morgan fingerprint density at radius 3 is 2.37 bits per heavy atom. The predicted molar refractivity (Wildman–Crippen MR) is 122 cm³/mol. The van der Waals surface area contributed by atoms with Crippen molar-refractivity contribution in [2.75, 3.05) is 25.4 Å². The lowest BCUT2D eigenvalue weighted by Crippen LogP contribution is -2.34. The third-order valence-electron chi connectivity index (χ3n) is 4.50. The summed E-state index contributed by atoms with van der Waals surface area (Å²) in [6.07, 6.45) is 0. The number of amides is 1. The standard InChI is InChI=1S/C21H22ClN3O3S2/c1-25(2)19(17-6-3-4-7-18(17)22)14-23-21(26)15-9-11-16(12-10-15)24-30(27,28)20-8-5-13-29-20/h3-13,19,24H,14H2,1-2H3,(H,23,26). The largest absolute Gasteiger partial charge is 0.350 e. The third-order valence-corrected chi connectivity index (χ3v) is 7.63. The summed E-state index contributed by atoms with van der Waals surface area (Å²) in [5, 5.41) is 5.27. The second-order valence-electron chi connectivity index (χ2n) is 6.83. The molecule has 0 aliphatic carbocycles. The Morgan fingerprint density at radius 2 is 1.77 bits per heavy atom. The molecule has 6 nitrogen and oxygen atoms in total. The minimum Gasteiger partial charge on any atom is -0.350 e. The normalized spacial score (nSPS) is 12.5. The van der Waals surface area contributed by atoms with Gasteiger partial charge >= 0.3 is 0 Å². The maximum Gasteiger partial charge on any atom is 0.271 e. The van der Waals surface area contributed by atoms with Gasteiger partial charge in [0, 0.05) is 22.8 Å². The van der Waals surface area contributed by atoms with E-state index in [4.69, 9.17) is 11.6 Å². The van der Waals surface area contributed by atoms with E-state index in [1.165, 1.54) is 6.07 Å². The maximum atomic E-state index is 12.6. The first kappa shape index (κ1) is 22.3. The van der Waals surface area contributed by atoms with Gasteiger partial charge in [0.1, 0.15) is 4.21 Å². The zero-order valence-corrected chi connectivity index (χ0v) is 18.9. The molecule has 0 aliphatic heterocycles. The molecule has 1 atom stereocenters. The molecule has 0 saturated carbocycles. The van der Waals surface area contributed by atoms with Crippen LogP contribution in [0.4, 0.5) is 5.69 Å². The summed E-state index contributed by atoms with van der Waals surface area (Å²) in [5.74, 6) is -0.249. The predicted octanol–water partition coefficient (Wildman–Crippen LogP) is 4.24. The number of likely N-dealkylation sites (N-methyl/N-ethyl adjacent to an activating group) is 1. The average molecular weight is 464 g/mol. The minimum absolute atomic E-state index is 0.0838. The van der Waals surface area contributed by atoms with Crippen molar-refractivity contribution in [2.45, 2.75) is 10.3 Å². The fourth-order valence-corrected chi connectivity index (χ4v) is 5.23. The summed E-state index contributed by atoms with van der Waals surface area (Å²) in [7, 11) is 0.232. The molecule has 3 aromatic rings. The number of carbonyl (C=O) groups excluding carboxylic acids is 1. The number of hydrogen-bond acceptors (Lipinski definition) is 5. The summed E-state index contributed by atoms with van der Waals surface area (Å²) in [6, 6.07) is 17.0. The molecule has 0 bridgehead atoms. The molecular formula is C21H22ClN3O3S2. The Balaban J connectivity index is 1.65. The van der Waals surface area contributed by atoms with Gasteiger partial charge in [0.05, 0.1) is 6.04 Å². The lowest BCUT2D eigenvalue weighted by atomic mass is 10.1. The van der Waals surface area contributed by atoms with Gasteiger partial charge in [0.2, 0.25) is 0 Å². The summed E-state index contributed by atoms with van der Waals surface area (Å²) < 4.78 is 27.3. The second kappa shape index (κ2) is 9.61. The van der Waals surface area contributed by atoms with Crippen LogP contribution < -0.4 is 10.0 Å². The van der Waals surface area contributed by atoms with Crippen LogP contribution in [0, 0.1) is 0 Å². The number of benzene rings is 2. The van der Waals surface area contributed by atoms with Gasteiger partial charge in [-0.1, -0.05) is 35.9 Å². The number of nitrogens with zero attached hydrogens (tertiary/aromatic N) is 1. The molecule has 9 heteroatoms. The van der Waals surface area contributed by atoms with Gasteiger partial charge in [-0.25, -0.2) is 8.42 Å². The van der Waals surface area contributed by atoms with E-state index in [9.17, 15) is 13.2 Å². The Labute approximate surface area is 185 Å². The van der Waals surface area contributed by atoms with Gasteiger partial charge < -0.3 is 10.2 Å². The molecule has 158 valence electrons. The van der Waals surface area contributed by atoms with Crippen molar-refractivity contribution in [3.05, 3.63) is 82.2 Å². The molecule has 30 heavy (non-hydrogen) atoms. The number of nitrogens with one attached hydrogen (secondary N) is 2. The third kappa shape index (κ3) is 5.40. The van der Waals surface area contributed by atoms with Crippen LogP contribution in [-0.4, -0.2) is 39.9 Å². The van der Waals surface area contributed by atoms with Crippen LogP contribution in [0.2, 0.25) is 5.02 Å². The Bertz CT molecular complexity index is 1100. The number of halogens is 1. The van der Waals surface area contributed by atoms with E-state index in [0.717, 1.165) is 16.9 Å². The first-order valence-electron chi connectivity index (χ1n) is 9.13. The average Bonchev–Trinajstić information content (AvgIpc) is 3.25. The molecule has 0 spiro atoms. The van der Waals surface area contributed by atoms with Crippen molar-refractivity contribution >= 4 is 44.6 Å². The van der Waals surface area contributed by atoms with Crippen LogP contribution in [0.1, 0.15) is 22.0 Å². The minimum atomic E-state index is -3.62. The van der Waals surface area contributed by atoms with E-state index in [0.29, 0.717) is 22.8 Å². The first-order chi connectivity index (χ1) is 14.3. The lowest BCUT2D eigenvalue weighted by Gasteiger charge is -2.26. The molecular weight excluding hydrogens is 442 g/mol. The quantitative estimate of drug-likeness (QED) is 0.523. The SMILES string of the molecule is CN(C)C(CNC(=O)c1ccc(NS(=O)(=O)c2cccs2)cc1)c1ccccc1Cl. The van der Waals surface area contributed by atoms with Crippen molar-refractivity contribution < 1.29 is 13.2 Å². The van der Waals surface area contributed by atoms with Gasteiger partial charge in [-0.05, 0) is 61.4 Å². The van der Waals surface area contributed by atoms with Gasteiger partial charge in [0.25, 0.3) is 15.9 Å². The summed E-state index contributed by atoms with van der Waals surface area (Å²) >= 11 is 7.45. The molecule has 1 unspecified atom stereocenters. The highest BCUT2D eigenvalue weighted by atomic mass is 35.5. The molecule has 1 amide bonds. The topological polar surface area (TPSA) is 78.5 Å². The van der Waals surface area contributed by atoms with E-state index in [-0.39, 0.29) is 16.2 Å². The second-order valence-corrected chi connectivity index (χ2v) is 10.1. The smallest absolute Gasteiger partial charge is 0.271 e. The Kier molecular flexibility index (Phi) is 7.14. The van der Waals surface area contributed by atoms with Crippen molar-refractivity contribution in [3.8, 4) is 0 Å². The highest BCUT2D eigenvalue weighted by Crippen LogP contribution is 2.25. The number of rotatable bonds is 8. The van der Waals surface area contributed by atoms with Crippen LogP contribution in [0.15, 0.2) is 70.3 Å². The number of sulfonamides is 1. The van der Waals surface area contributed by atoms with Crippen molar-refractivity contribution in [2.24, 2.45) is 0 Å². The first-order valence-corrected chi connectivity index (χ1v) is 11.9. The van der Waals surface area contributed by atoms with Gasteiger partial charge in [0.15, 0.2) is 0 Å². The number of anilines is 1. The maximum absolute atomic E-state index is 12.6. The van der Waals surface area contributed by atoms with Gasteiger partial charge in [-0.3, -0.25) is 9.52 Å². The van der Waals surface area contributed by atoms with Gasteiger partial charge in [-0.15, -0.1) is 11.3 Å². The van der Waals surface area contributed by atoms with E-state index in [1.807, 2.05) is 43.3 Å². The highest BCUT2D eigenvalue weighted by Gasteiger charge is 2.19. The molecule has 2 N–H and O–H groups in total. The van der Waals surface area contributed by atoms with E-state index < -0.39 is 10.0 Å². The van der Waals surface area contributed by atoms with Crippen LogP contribution in [0.3, 0.4) is 0 Å². The Hall–Kier alpha value is -2.39. The van der Waals surface area contributed by atoms with E-state index in [2.05, 4.69) is 10.0 Å². The molecule has 0 saturated heterocycles. The van der Waals surface area contributed by atoms with E-state index >= 15 is 0 Å². The molecule has 1 aromatic heterocycles. The van der Waals surface area contributed by atoms with Crippen molar-refractivity contribution in [1.29, 1.82) is 0 Å². The highest BCUT2D eigenvalue weighted by molar-refractivity contribution is 7.94. The molecule has 0 radical (unpaired) electrons. The van der Waals surface area contributed by atoms with Crippen LogP contribution in [-0.2, 0) is 10.0 Å². The van der Waals surface area contributed by atoms with Gasteiger partial charge in [-0.2, -0.15) is 0 Å². The lowest BCUT2D eigenvalue weighted by molar-refractivity contribution is 0.0942. The van der Waals surface area contributed by atoms with Crippen molar-refractivity contribution in [1.82, 2.24) is 10.2 Å². The van der Waals surface area contributed by atoms with Crippen LogP contribution in [0.25, 0.3) is 0 Å². The molecule has 3 rings (SSSR count). The zero-order valence-electron chi connectivity index (χ0n) is 16.5. The molecule has 1 heterocycles. The fraction of sp³-hybridized carbons (Fsp3) is 0.190. The van der Waals surface area contributed by atoms with Crippen LogP contribution >= 0.6 is 22.9 Å². The Morgan fingerprint density at radius 1 is 1.07 bits per heavy atom. The van der Waals surface area contributed by atoms with Crippen LogP contribution in [0.5, 0.6) is 0 Å². The van der Waals surface area contributed by atoms with Crippen molar-refractivity contribution in [3.63, 3.8) is 0 Å². The summed E-state index contributed by atoms with van der Waals surface area (Å²) in [5.41, 5.74) is 1.76. The summed E-state index contributed by atoms with van der Waals surface area (Å²) in [4.78, 5) is 14.6. The van der Waals surface area contributed by atoms with E-state index in [1.54, 1.807) is 35.7 Å². The summed E-state index contributed by atoms with van der Waals surface area (Å²) in [6.45, 7) is 0.377.